The van der Waals surface area contributed by atoms with Crippen molar-refractivity contribution in [3.63, 3.8) is 0 Å². The number of nitrogens with two attached hydrogens (primary N) is 1. The number of hydrogen-bond donors (Lipinski definition) is 2. The molecule has 4 heterocycles. The van der Waals surface area contributed by atoms with Crippen LogP contribution in [0.25, 0.3) is 6.08 Å². The molecule has 2 amide bonds. The first kappa shape index (κ1) is 18.2. The second-order valence-corrected chi connectivity index (χ2v) is 7.36. The maximum absolute atomic E-state index is 11.7. The number of aromatic nitrogens is 2. The van der Waals surface area contributed by atoms with E-state index in [1.165, 1.54) is 0 Å². The van der Waals surface area contributed by atoms with Crippen LogP contribution in [0.4, 0.5) is 10.7 Å². The van der Waals surface area contributed by atoms with Gasteiger partial charge in [0.15, 0.2) is 11.6 Å². The molecule has 2 aromatic heterocycles. The molecular formula is C18H18N6O3S. The van der Waals surface area contributed by atoms with E-state index in [-0.39, 0.29) is 11.3 Å². The molecule has 0 radical (unpaired) electrons. The summed E-state index contributed by atoms with van der Waals surface area (Å²) in [5.74, 6) is 1.18. The van der Waals surface area contributed by atoms with Gasteiger partial charge in [0, 0.05) is 19.3 Å². The summed E-state index contributed by atoms with van der Waals surface area (Å²) in [6, 6.07) is 5.40. The number of carbonyl (C=O) groups is 2. The first-order valence-corrected chi connectivity index (χ1v) is 9.60. The number of piperidine rings is 1. The van der Waals surface area contributed by atoms with Gasteiger partial charge in [-0.15, -0.1) is 0 Å². The number of thioether (sulfide) groups is 1. The molecule has 2 aliphatic rings. The zero-order valence-electron chi connectivity index (χ0n) is 14.9. The lowest BCUT2D eigenvalue weighted by molar-refractivity contribution is -0.115. The van der Waals surface area contributed by atoms with Gasteiger partial charge in [0.2, 0.25) is 5.95 Å². The van der Waals surface area contributed by atoms with Gasteiger partial charge in [0.05, 0.1) is 22.9 Å². The van der Waals surface area contributed by atoms with Crippen molar-refractivity contribution >= 4 is 40.8 Å². The van der Waals surface area contributed by atoms with Crippen molar-refractivity contribution in [2.24, 2.45) is 10.7 Å². The van der Waals surface area contributed by atoms with Crippen molar-refractivity contribution in [1.29, 1.82) is 0 Å². The molecule has 3 N–H and O–H groups in total. The Labute approximate surface area is 165 Å². The van der Waals surface area contributed by atoms with Crippen LogP contribution in [-0.2, 0) is 4.79 Å². The molecule has 0 unspecified atom stereocenters. The van der Waals surface area contributed by atoms with Crippen LogP contribution >= 0.6 is 11.8 Å². The van der Waals surface area contributed by atoms with E-state index in [2.05, 4.69) is 25.2 Å². The standard InChI is InChI=1S/C18H18N6O3S/c19-15(13-2-1-9-27-13)21-11-4-7-24(8-5-11)17-20-6-3-12(22-17)10-14-16(25)23-18(26)28-14/h1-3,6,9-11H,4-5,7-8H2,(H2,19,21)(H,23,25,26)/b14-10-. The van der Waals surface area contributed by atoms with E-state index in [1.54, 1.807) is 36.7 Å². The number of furan rings is 1. The van der Waals surface area contributed by atoms with Gasteiger partial charge in [-0.2, -0.15) is 0 Å². The number of amidine groups is 1. The number of carbonyl (C=O) groups excluding carboxylic acids is 2. The third kappa shape index (κ3) is 4.06. The number of aliphatic imine (C=N–C) groups is 1. The van der Waals surface area contributed by atoms with Crippen LogP contribution in [0.15, 0.2) is 45.0 Å². The van der Waals surface area contributed by atoms with Crippen molar-refractivity contribution in [3.05, 3.63) is 47.0 Å². The largest absolute Gasteiger partial charge is 0.461 e. The fourth-order valence-corrected chi connectivity index (χ4v) is 3.70. The van der Waals surface area contributed by atoms with E-state index in [9.17, 15) is 9.59 Å². The minimum Gasteiger partial charge on any atom is -0.461 e. The zero-order chi connectivity index (χ0) is 19.5. The number of nitrogens with one attached hydrogen (secondary N) is 1. The Bertz CT molecular complexity index is 948. The summed E-state index contributed by atoms with van der Waals surface area (Å²) in [4.78, 5) is 38.7. The molecule has 10 heteroatoms. The molecule has 0 saturated carbocycles. The van der Waals surface area contributed by atoms with Gasteiger partial charge in [-0.1, -0.05) is 0 Å². The normalized spacial score (nSPS) is 20.1. The summed E-state index contributed by atoms with van der Waals surface area (Å²) in [5, 5.41) is 1.86. The van der Waals surface area contributed by atoms with Gasteiger partial charge in [0.25, 0.3) is 11.1 Å². The SMILES string of the molecule is NC(=NC1CCN(c2nccc(/C=C3\SC(=O)NC3=O)n2)CC1)c1ccco1. The highest BCUT2D eigenvalue weighted by molar-refractivity contribution is 8.18. The molecule has 4 rings (SSSR count). The summed E-state index contributed by atoms with van der Waals surface area (Å²) in [6.07, 6.45) is 6.46. The van der Waals surface area contributed by atoms with E-state index in [0.29, 0.717) is 28.1 Å². The monoisotopic (exact) mass is 398 g/mol. The predicted octanol–water partition coefficient (Wildman–Crippen LogP) is 1.77. The lowest BCUT2D eigenvalue weighted by Crippen LogP contribution is -2.37. The first-order chi connectivity index (χ1) is 13.6. The van der Waals surface area contributed by atoms with Crippen LogP contribution in [0.2, 0.25) is 0 Å². The molecule has 28 heavy (non-hydrogen) atoms. The van der Waals surface area contributed by atoms with E-state index < -0.39 is 5.91 Å². The highest BCUT2D eigenvalue weighted by Gasteiger charge is 2.25. The molecule has 0 atom stereocenters. The second kappa shape index (κ2) is 7.85. The van der Waals surface area contributed by atoms with Gasteiger partial charge < -0.3 is 15.1 Å². The Morgan fingerprint density at radius 3 is 2.86 bits per heavy atom. The van der Waals surface area contributed by atoms with Crippen molar-refractivity contribution in [1.82, 2.24) is 15.3 Å². The van der Waals surface area contributed by atoms with Crippen LogP contribution in [-0.4, -0.2) is 46.1 Å². The maximum atomic E-state index is 11.7. The fourth-order valence-electron chi connectivity index (χ4n) is 3.03. The average Bonchev–Trinajstić information content (AvgIpc) is 3.33. The quantitative estimate of drug-likeness (QED) is 0.453. The Balaban J connectivity index is 1.41. The van der Waals surface area contributed by atoms with Gasteiger partial charge in [0.1, 0.15) is 0 Å². The van der Waals surface area contributed by atoms with E-state index in [4.69, 9.17) is 10.2 Å². The lowest BCUT2D eigenvalue weighted by Gasteiger charge is -2.30. The summed E-state index contributed by atoms with van der Waals surface area (Å²) >= 11 is 0.868. The van der Waals surface area contributed by atoms with E-state index in [0.717, 1.165) is 37.7 Å². The highest BCUT2D eigenvalue weighted by Crippen LogP contribution is 2.25. The minimum absolute atomic E-state index is 0.122. The zero-order valence-corrected chi connectivity index (χ0v) is 15.7. The third-order valence-electron chi connectivity index (χ3n) is 4.43. The number of nitrogens with zero attached hydrogens (tertiary/aromatic N) is 4. The Kier molecular flexibility index (Phi) is 5.11. The van der Waals surface area contributed by atoms with Crippen molar-refractivity contribution < 1.29 is 14.0 Å². The third-order valence-corrected chi connectivity index (χ3v) is 5.24. The van der Waals surface area contributed by atoms with Gasteiger partial charge in [-0.3, -0.25) is 19.9 Å². The van der Waals surface area contributed by atoms with Crippen molar-refractivity contribution in [2.75, 3.05) is 18.0 Å². The topological polar surface area (TPSA) is 127 Å². The molecule has 144 valence electrons. The van der Waals surface area contributed by atoms with Crippen LogP contribution < -0.4 is 16.0 Å². The average molecular weight is 398 g/mol. The molecule has 9 nitrogen and oxygen atoms in total. The van der Waals surface area contributed by atoms with Gasteiger partial charge >= 0.3 is 0 Å². The van der Waals surface area contributed by atoms with Gasteiger partial charge in [-0.25, -0.2) is 9.97 Å². The number of hydrogen-bond acceptors (Lipinski definition) is 8. The van der Waals surface area contributed by atoms with Gasteiger partial charge in [-0.05, 0) is 48.9 Å². The lowest BCUT2D eigenvalue weighted by atomic mass is 10.1. The number of imide groups is 1. The molecular weight excluding hydrogens is 380 g/mol. The number of amides is 2. The Hall–Kier alpha value is -3.14. The van der Waals surface area contributed by atoms with Crippen LogP contribution in [0.1, 0.15) is 24.3 Å². The smallest absolute Gasteiger partial charge is 0.290 e. The molecule has 2 fully saturated rings. The van der Waals surface area contributed by atoms with E-state index >= 15 is 0 Å². The van der Waals surface area contributed by atoms with Crippen LogP contribution in [0, 0.1) is 0 Å². The summed E-state index contributed by atoms with van der Waals surface area (Å²) in [6.45, 7) is 1.49. The molecule has 0 aliphatic carbocycles. The number of rotatable bonds is 4. The molecule has 2 aromatic rings. The summed E-state index contributed by atoms with van der Waals surface area (Å²) in [5.41, 5.74) is 6.57. The van der Waals surface area contributed by atoms with Crippen LogP contribution in [0.5, 0.6) is 0 Å². The summed E-state index contributed by atoms with van der Waals surface area (Å²) < 4.78 is 5.27. The fraction of sp³-hybridized carbons (Fsp3) is 0.278. The second-order valence-electron chi connectivity index (χ2n) is 6.34. The maximum Gasteiger partial charge on any atom is 0.290 e. The van der Waals surface area contributed by atoms with Crippen LogP contribution in [0.3, 0.4) is 0 Å². The molecule has 0 bridgehead atoms. The molecule has 0 spiro atoms. The van der Waals surface area contributed by atoms with E-state index in [1.807, 2.05) is 0 Å². The number of anilines is 1. The Morgan fingerprint density at radius 1 is 1.36 bits per heavy atom. The molecule has 2 saturated heterocycles. The molecule has 2 aliphatic heterocycles. The Morgan fingerprint density at radius 2 is 2.18 bits per heavy atom. The molecule has 0 aromatic carbocycles. The summed E-state index contributed by atoms with van der Waals surface area (Å²) in [7, 11) is 0. The van der Waals surface area contributed by atoms with Crippen molar-refractivity contribution in [2.45, 2.75) is 18.9 Å². The highest BCUT2D eigenvalue weighted by atomic mass is 32.2. The predicted molar refractivity (Wildman–Crippen MR) is 106 cm³/mol. The van der Waals surface area contributed by atoms with Crippen molar-refractivity contribution in [3.8, 4) is 0 Å². The minimum atomic E-state index is -0.400. The first-order valence-electron chi connectivity index (χ1n) is 8.78.